The van der Waals surface area contributed by atoms with Crippen molar-refractivity contribution in [3.8, 4) is 6.07 Å². The van der Waals surface area contributed by atoms with E-state index in [-0.39, 0.29) is 21.2 Å². The van der Waals surface area contributed by atoms with Crippen molar-refractivity contribution in [2.45, 2.75) is 22.4 Å². The second kappa shape index (κ2) is 9.43. The van der Waals surface area contributed by atoms with E-state index in [4.69, 9.17) is 16.9 Å². The van der Waals surface area contributed by atoms with E-state index in [9.17, 15) is 26.7 Å². The normalized spacial score (nSPS) is 14.4. The quantitative estimate of drug-likeness (QED) is 0.619. The Labute approximate surface area is 181 Å². The largest absolute Gasteiger partial charge is 0.421 e. The lowest BCUT2D eigenvalue weighted by Gasteiger charge is -2.27. The van der Waals surface area contributed by atoms with Gasteiger partial charge in [0.15, 0.2) is 15.4 Å². The van der Waals surface area contributed by atoms with Crippen molar-refractivity contribution in [2.75, 3.05) is 12.0 Å². The fourth-order valence-electron chi connectivity index (χ4n) is 2.34. The van der Waals surface area contributed by atoms with Crippen molar-refractivity contribution in [1.29, 1.82) is 5.26 Å². The summed E-state index contributed by atoms with van der Waals surface area (Å²) >= 11 is 6.74. The first-order chi connectivity index (χ1) is 13.9. The van der Waals surface area contributed by atoms with Gasteiger partial charge in [0.05, 0.1) is 15.5 Å². The van der Waals surface area contributed by atoms with E-state index in [2.05, 4.69) is 0 Å². The Morgan fingerprint density at radius 2 is 1.83 bits per heavy atom. The molecule has 0 saturated carbocycles. The molecule has 1 atom stereocenters. The maximum Gasteiger partial charge on any atom is 0.421 e. The number of benzene rings is 2. The number of halogens is 4. The van der Waals surface area contributed by atoms with Gasteiger partial charge in [-0.25, -0.2) is 8.42 Å². The molecule has 0 aliphatic heterocycles. The molecule has 0 saturated heterocycles. The molecule has 0 heterocycles. The smallest absolute Gasteiger partial charge is 0.376 e. The summed E-state index contributed by atoms with van der Waals surface area (Å²) in [5.41, 5.74) is -1.95. The fourth-order valence-corrected chi connectivity index (χ4v) is 4.30. The van der Waals surface area contributed by atoms with E-state index in [1.807, 2.05) is 6.07 Å². The van der Waals surface area contributed by atoms with Crippen molar-refractivity contribution in [2.24, 2.45) is 0 Å². The third-order valence-electron chi connectivity index (χ3n) is 4.10. The minimum Gasteiger partial charge on any atom is -0.376 e. The van der Waals surface area contributed by atoms with Gasteiger partial charge in [-0.1, -0.05) is 35.9 Å². The molecule has 0 aliphatic carbocycles. The standard InChI is InChI=1S/C20H17ClF3NO3S2/c1-30(27,28)17-6-3-15(4-7-17)12-29-13-19(26,20(22,23)24)9-8-14-2-5-16(11-25)18(21)10-14/h2-10,26H,12-13H2,1H3. The summed E-state index contributed by atoms with van der Waals surface area (Å²) in [6, 6.07) is 11.8. The molecular weight excluding hydrogens is 459 g/mol. The second-order valence-corrected chi connectivity index (χ2v) is 9.92. The SMILES string of the molecule is CS(=O)(=O)c1ccc(CSCC(O)(C=Cc2ccc(C#N)c(Cl)c2)C(F)(F)F)cc1. The predicted octanol–water partition coefficient (Wildman–Crippen LogP) is 4.86. The minimum atomic E-state index is -4.91. The highest BCUT2D eigenvalue weighted by Gasteiger charge is 2.51. The van der Waals surface area contributed by atoms with Gasteiger partial charge >= 0.3 is 6.18 Å². The molecule has 2 aromatic rings. The topological polar surface area (TPSA) is 78.2 Å². The van der Waals surface area contributed by atoms with E-state index in [0.29, 0.717) is 17.2 Å². The lowest BCUT2D eigenvalue weighted by molar-refractivity contribution is -0.230. The van der Waals surface area contributed by atoms with E-state index >= 15 is 0 Å². The third kappa shape index (κ3) is 6.25. The molecule has 1 unspecified atom stereocenters. The summed E-state index contributed by atoms with van der Waals surface area (Å²) < 4.78 is 63.3. The van der Waals surface area contributed by atoms with Crippen molar-refractivity contribution in [1.82, 2.24) is 0 Å². The molecule has 2 aromatic carbocycles. The number of nitriles is 1. The van der Waals surface area contributed by atoms with Crippen LogP contribution in [0.1, 0.15) is 16.7 Å². The average Bonchev–Trinajstić information content (AvgIpc) is 2.65. The number of hydrogen-bond acceptors (Lipinski definition) is 5. The molecule has 0 fully saturated rings. The molecular formula is C20H17ClF3NO3S2. The van der Waals surface area contributed by atoms with E-state index in [1.165, 1.54) is 42.5 Å². The first-order valence-electron chi connectivity index (χ1n) is 8.40. The maximum atomic E-state index is 13.5. The van der Waals surface area contributed by atoms with Gasteiger partial charge in [0.25, 0.3) is 0 Å². The van der Waals surface area contributed by atoms with Gasteiger partial charge in [0, 0.05) is 17.8 Å². The molecule has 0 radical (unpaired) electrons. The lowest BCUT2D eigenvalue weighted by atomic mass is 10.0. The van der Waals surface area contributed by atoms with E-state index in [1.54, 1.807) is 0 Å². The van der Waals surface area contributed by atoms with Gasteiger partial charge in [-0.2, -0.15) is 30.2 Å². The second-order valence-electron chi connectivity index (χ2n) is 6.52. The molecule has 0 bridgehead atoms. The summed E-state index contributed by atoms with van der Waals surface area (Å²) in [7, 11) is -3.36. The van der Waals surface area contributed by atoms with E-state index in [0.717, 1.165) is 24.1 Å². The van der Waals surface area contributed by atoms with Crippen LogP contribution in [0.4, 0.5) is 13.2 Å². The van der Waals surface area contributed by atoms with Crippen LogP contribution in [0, 0.1) is 11.3 Å². The zero-order chi connectivity index (χ0) is 22.6. The zero-order valence-corrected chi connectivity index (χ0v) is 18.0. The molecule has 1 N–H and O–H groups in total. The number of thioether (sulfide) groups is 1. The van der Waals surface area contributed by atoms with Crippen molar-refractivity contribution < 1.29 is 26.7 Å². The van der Waals surface area contributed by atoms with E-state index < -0.39 is 27.4 Å². The van der Waals surface area contributed by atoms with Crippen LogP contribution in [0.2, 0.25) is 5.02 Å². The molecule has 10 heteroatoms. The summed E-state index contributed by atoms with van der Waals surface area (Å²) in [6.07, 6.45) is -2.09. The Bertz CT molecular complexity index is 1080. The third-order valence-corrected chi connectivity index (χ3v) is 6.72. The maximum absolute atomic E-state index is 13.5. The molecule has 0 amide bonds. The number of rotatable bonds is 7. The molecule has 0 spiro atoms. The number of alkyl halides is 3. The molecule has 0 aliphatic rings. The van der Waals surface area contributed by atoms with Crippen LogP contribution in [0.3, 0.4) is 0 Å². The molecule has 0 aromatic heterocycles. The van der Waals surface area contributed by atoms with Crippen LogP contribution in [-0.2, 0) is 15.6 Å². The summed E-state index contributed by atoms with van der Waals surface area (Å²) in [6.45, 7) is 0. The fraction of sp³-hybridized carbons (Fsp3) is 0.250. The highest BCUT2D eigenvalue weighted by molar-refractivity contribution is 7.98. The lowest BCUT2D eigenvalue weighted by Crippen LogP contribution is -2.45. The van der Waals surface area contributed by atoms with Crippen molar-refractivity contribution in [3.05, 3.63) is 70.3 Å². The van der Waals surface area contributed by atoms with Gasteiger partial charge in [0.1, 0.15) is 6.07 Å². The molecule has 4 nitrogen and oxygen atoms in total. The number of nitrogens with zero attached hydrogens (tertiary/aromatic N) is 1. The van der Waals surface area contributed by atoms with Crippen LogP contribution in [-0.4, -0.2) is 37.3 Å². The number of aliphatic hydroxyl groups is 1. The number of hydrogen-bond donors (Lipinski definition) is 1. The predicted molar refractivity (Wildman–Crippen MR) is 112 cm³/mol. The first kappa shape index (κ1) is 24.3. The monoisotopic (exact) mass is 475 g/mol. The first-order valence-corrected chi connectivity index (χ1v) is 11.8. The molecule has 30 heavy (non-hydrogen) atoms. The van der Waals surface area contributed by atoms with Gasteiger partial charge in [0.2, 0.25) is 0 Å². The highest BCUT2D eigenvalue weighted by atomic mass is 35.5. The average molecular weight is 476 g/mol. The zero-order valence-electron chi connectivity index (χ0n) is 15.6. The van der Waals surface area contributed by atoms with Gasteiger partial charge < -0.3 is 5.11 Å². The summed E-state index contributed by atoms with van der Waals surface area (Å²) in [4.78, 5) is 0.118. The molecule has 160 valence electrons. The highest BCUT2D eigenvalue weighted by Crippen LogP contribution is 2.36. The molecule has 2 rings (SSSR count). The van der Waals surface area contributed by atoms with Gasteiger partial charge in [-0.15, -0.1) is 0 Å². The summed E-state index contributed by atoms with van der Waals surface area (Å²) in [5.74, 6) is -0.510. The minimum absolute atomic E-state index is 0.0992. The van der Waals surface area contributed by atoms with Crippen LogP contribution in [0.25, 0.3) is 6.08 Å². The van der Waals surface area contributed by atoms with Gasteiger partial charge in [-0.3, -0.25) is 0 Å². The number of sulfone groups is 1. The van der Waals surface area contributed by atoms with Crippen LogP contribution in [0.15, 0.2) is 53.4 Å². The van der Waals surface area contributed by atoms with Crippen LogP contribution < -0.4 is 0 Å². The van der Waals surface area contributed by atoms with Crippen LogP contribution >= 0.6 is 23.4 Å². The Kier molecular flexibility index (Phi) is 7.64. The Hall–Kier alpha value is -1.99. The van der Waals surface area contributed by atoms with Crippen LogP contribution in [0.5, 0.6) is 0 Å². The van der Waals surface area contributed by atoms with Gasteiger partial charge in [-0.05, 0) is 41.5 Å². The summed E-state index contributed by atoms with van der Waals surface area (Å²) in [5, 5.41) is 19.2. The van der Waals surface area contributed by atoms with Crippen molar-refractivity contribution in [3.63, 3.8) is 0 Å². The Morgan fingerprint density at radius 1 is 1.20 bits per heavy atom. The Balaban J connectivity index is 2.12. The van der Waals surface area contributed by atoms with Crippen molar-refractivity contribution >= 4 is 39.3 Å². The Morgan fingerprint density at radius 3 is 2.33 bits per heavy atom.